The summed E-state index contributed by atoms with van der Waals surface area (Å²) in [5.41, 5.74) is 1.00. The molecule has 9 nitrogen and oxygen atoms in total. The minimum atomic E-state index is -5.14. The summed E-state index contributed by atoms with van der Waals surface area (Å²) in [6, 6.07) is 21.6. The third-order valence-corrected chi connectivity index (χ3v) is 9.20. The predicted molar refractivity (Wildman–Crippen MR) is 160 cm³/mol. The summed E-state index contributed by atoms with van der Waals surface area (Å²) in [5, 5.41) is 1.82. The second-order valence-corrected chi connectivity index (χ2v) is 12.5. The van der Waals surface area contributed by atoms with Crippen molar-refractivity contribution in [1.29, 1.82) is 0 Å². The molecule has 0 aliphatic heterocycles. The van der Waals surface area contributed by atoms with Crippen molar-refractivity contribution < 1.29 is 35.9 Å². The van der Waals surface area contributed by atoms with Crippen LogP contribution >= 0.6 is 11.3 Å². The molecule has 14 heteroatoms. The molecule has 2 aromatic heterocycles. The molecule has 0 aliphatic carbocycles. The van der Waals surface area contributed by atoms with Gasteiger partial charge in [-0.15, -0.1) is 4.40 Å². The van der Waals surface area contributed by atoms with E-state index in [9.17, 15) is 31.2 Å². The highest BCUT2D eigenvalue weighted by molar-refractivity contribution is 7.90. The molecule has 2 heterocycles. The molecule has 0 bridgehead atoms. The number of carbonyl (C=O) groups is 2. The first-order chi connectivity index (χ1) is 21.5. The van der Waals surface area contributed by atoms with Crippen LogP contribution in [0.25, 0.3) is 10.8 Å². The summed E-state index contributed by atoms with van der Waals surface area (Å²) in [5.74, 6) is -2.93. The second kappa shape index (κ2) is 13.0. The number of amides is 1. The Balaban J connectivity index is 1.63. The Hall–Kier alpha value is -4.82. The van der Waals surface area contributed by atoms with Crippen LogP contribution in [0.2, 0.25) is 0 Å². The number of esters is 1. The van der Waals surface area contributed by atoms with Crippen LogP contribution in [0.4, 0.5) is 13.2 Å². The number of thiazole rings is 1. The molecule has 0 N–H and O–H groups in total. The zero-order valence-electron chi connectivity index (χ0n) is 23.6. The number of rotatable bonds is 9. The van der Waals surface area contributed by atoms with E-state index in [1.165, 1.54) is 59.6 Å². The van der Waals surface area contributed by atoms with Crippen LogP contribution < -0.4 is 4.80 Å². The van der Waals surface area contributed by atoms with Crippen molar-refractivity contribution in [3.05, 3.63) is 124 Å². The Kier molecular flexibility index (Phi) is 9.16. The van der Waals surface area contributed by atoms with Gasteiger partial charge in [-0.05, 0) is 46.2 Å². The summed E-state index contributed by atoms with van der Waals surface area (Å²) in [6.45, 7) is -0.725. The summed E-state index contributed by atoms with van der Waals surface area (Å²) in [4.78, 5) is 29.1. The number of hydrogen-bond acceptors (Lipinski definition) is 7. The van der Waals surface area contributed by atoms with Crippen LogP contribution in [-0.4, -0.2) is 48.0 Å². The van der Waals surface area contributed by atoms with Gasteiger partial charge in [0.25, 0.3) is 10.0 Å². The SMILES string of the molecule is COC(=O)c1ccccc1S(=O)(=O)N=c1sc(CN(Cc2ccncc2)C(=O)C(F)(F)F)cn1Cc1cccc2ccccc12. The third-order valence-electron chi connectivity index (χ3n) is 6.76. The fourth-order valence-electron chi connectivity index (χ4n) is 4.70. The number of nitrogens with zero attached hydrogens (tertiary/aromatic N) is 4. The number of methoxy groups -OCH3 is 1. The molecule has 0 radical (unpaired) electrons. The summed E-state index contributed by atoms with van der Waals surface area (Å²) in [7, 11) is -3.40. The number of pyridine rings is 1. The van der Waals surface area contributed by atoms with E-state index in [0.29, 0.717) is 10.5 Å². The van der Waals surface area contributed by atoms with E-state index in [4.69, 9.17) is 4.74 Å². The van der Waals surface area contributed by atoms with E-state index >= 15 is 0 Å². The molecule has 0 spiro atoms. The minimum absolute atomic E-state index is 0.0686. The number of halogens is 3. The fraction of sp³-hybridized carbons (Fsp3) is 0.161. The number of fused-ring (bicyclic) bond motifs is 1. The third kappa shape index (κ3) is 7.29. The van der Waals surface area contributed by atoms with E-state index in [-0.39, 0.29) is 28.3 Å². The number of carbonyl (C=O) groups excluding carboxylic acids is 2. The van der Waals surface area contributed by atoms with E-state index in [0.717, 1.165) is 34.8 Å². The molecule has 5 rings (SSSR count). The Morgan fingerprint density at radius 3 is 2.38 bits per heavy atom. The molecule has 0 saturated heterocycles. The summed E-state index contributed by atoms with van der Waals surface area (Å²) < 4.78 is 78.3. The topological polar surface area (TPSA) is 111 Å². The molecule has 232 valence electrons. The predicted octanol–water partition coefficient (Wildman–Crippen LogP) is 5.31. The van der Waals surface area contributed by atoms with Gasteiger partial charge < -0.3 is 14.2 Å². The number of ether oxygens (including phenoxy) is 1. The number of alkyl halides is 3. The number of aromatic nitrogens is 2. The monoisotopic (exact) mass is 654 g/mol. The molecule has 0 unspecified atom stereocenters. The maximum absolute atomic E-state index is 13.6. The lowest BCUT2D eigenvalue weighted by atomic mass is 10.0. The van der Waals surface area contributed by atoms with Crippen molar-refractivity contribution in [2.75, 3.05) is 7.11 Å². The van der Waals surface area contributed by atoms with Crippen molar-refractivity contribution in [2.45, 2.75) is 30.7 Å². The van der Waals surface area contributed by atoms with Gasteiger partial charge in [0, 0.05) is 30.0 Å². The zero-order chi connectivity index (χ0) is 32.2. The van der Waals surface area contributed by atoms with E-state index in [1.54, 1.807) is 0 Å². The van der Waals surface area contributed by atoms with Gasteiger partial charge in [-0.2, -0.15) is 21.6 Å². The quantitative estimate of drug-likeness (QED) is 0.199. The highest BCUT2D eigenvalue weighted by atomic mass is 32.2. The van der Waals surface area contributed by atoms with Crippen LogP contribution in [0.1, 0.15) is 26.4 Å². The molecule has 0 saturated carbocycles. The maximum Gasteiger partial charge on any atom is 0.471 e. The molecule has 1 amide bonds. The van der Waals surface area contributed by atoms with Crippen LogP contribution in [0.15, 0.2) is 107 Å². The number of benzene rings is 3. The van der Waals surface area contributed by atoms with Gasteiger partial charge in [0.15, 0.2) is 0 Å². The average molecular weight is 655 g/mol. The van der Waals surface area contributed by atoms with Gasteiger partial charge in [-0.3, -0.25) is 9.78 Å². The van der Waals surface area contributed by atoms with Gasteiger partial charge in [-0.25, -0.2) is 4.79 Å². The smallest absolute Gasteiger partial charge is 0.465 e. The molecule has 45 heavy (non-hydrogen) atoms. The molecule has 0 aliphatic rings. The van der Waals surface area contributed by atoms with Crippen LogP contribution in [0.5, 0.6) is 0 Å². The zero-order valence-corrected chi connectivity index (χ0v) is 25.3. The molecule has 5 aromatic rings. The normalized spacial score (nSPS) is 12.3. The summed E-state index contributed by atoms with van der Waals surface area (Å²) in [6.07, 6.45) is -0.848. The van der Waals surface area contributed by atoms with Crippen LogP contribution in [0.3, 0.4) is 0 Å². The van der Waals surface area contributed by atoms with E-state index < -0.39 is 39.5 Å². The Bertz CT molecular complexity index is 2040. The lowest BCUT2D eigenvalue weighted by Gasteiger charge is -2.23. The van der Waals surface area contributed by atoms with Gasteiger partial charge in [0.05, 0.1) is 25.8 Å². The highest BCUT2D eigenvalue weighted by Gasteiger charge is 2.42. The second-order valence-electron chi connectivity index (χ2n) is 9.81. The first-order valence-corrected chi connectivity index (χ1v) is 15.6. The van der Waals surface area contributed by atoms with Gasteiger partial charge in [0.1, 0.15) is 4.90 Å². The van der Waals surface area contributed by atoms with Gasteiger partial charge in [0.2, 0.25) is 4.80 Å². The average Bonchev–Trinajstić information content (AvgIpc) is 3.39. The maximum atomic E-state index is 13.6. The van der Waals surface area contributed by atoms with E-state index in [1.807, 2.05) is 42.5 Å². The Morgan fingerprint density at radius 1 is 0.956 bits per heavy atom. The number of sulfonamides is 1. The van der Waals surface area contributed by atoms with Crippen molar-refractivity contribution in [3.8, 4) is 0 Å². The standard InChI is InChI=1S/C31H25F3N4O5S2/c1-43-28(39)26-11-4-5-12-27(26)45(41,42)36-30-38(18-23-9-6-8-22-7-2-3-10-25(22)23)20-24(44-30)19-37(29(40)31(32,33)34)17-21-13-15-35-16-14-21/h2-16,20H,17-19H2,1H3. The van der Waals surface area contributed by atoms with Crippen molar-refractivity contribution in [1.82, 2.24) is 14.5 Å². The molecule has 3 aromatic carbocycles. The van der Waals surface area contributed by atoms with Gasteiger partial charge in [-0.1, -0.05) is 65.9 Å². The largest absolute Gasteiger partial charge is 0.471 e. The Morgan fingerprint density at radius 2 is 1.64 bits per heavy atom. The molecule has 0 fully saturated rings. The minimum Gasteiger partial charge on any atom is -0.465 e. The highest BCUT2D eigenvalue weighted by Crippen LogP contribution is 2.25. The molecular formula is C31H25F3N4O5S2. The lowest BCUT2D eigenvalue weighted by Crippen LogP contribution is -2.40. The lowest BCUT2D eigenvalue weighted by molar-refractivity contribution is -0.186. The van der Waals surface area contributed by atoms with Crippen molar-refractivity contribution >= 4 is 44.0 Å². The Labute approximate surface area is 259 Å². The van der Waals surface area contributed by atoms with Crippen molar-refractivity contribution in [3.63, 3.8) is 0 Å². The van der Waals surface area contributed by atoms with Gasteiger partial charge >= 0.3 is 18.1 Å². The first kappa shape index (κ1) is 31.6. The van der Waals surface area contributed by atoms with Crippen LogP contribution in [0, 0.1) is 0 Å². The summed E-state index contributed by atoms with van der Waals surface area (Å²) >= 11 is 0.820. The molecule has 0 atom stereocenters. The molecular weight excluding hydrogens is 629 g/mol. The van der Waals surface area contributed by atoms with E-state index in [2.05, 4.69) is 9.38 Å². The number of hydrogen-bond donors (Lipinski definition) is 0. The first-order valence-electron chi connectivity index (χ1n) is 13.4. The fourth-order valence-corrected chi connectivity index (χ4v) is 7.10. The van der Waals surface area contributed by atoms with Crippen molar-refractivity contribution in [2.24, 2.45) is 4.40 Å². The van der Waals surface area contributed by atoms with Crippen LogP contribution in [-0.2, 0) is 39.2 Å².